The molecule has 1 aromatic carbocycles. The Labute approximate surface area is 202 Å². The lowest BCUT2D eigenvalue weighted by molar-refractivity contribution is -0.136. The number of hydrogen-bond donors (Lipinski definition) is 1. The van der Waals surface area contributed by atoms with Gasteiger partial charge in [-0.25, -0.2) is 0 Å². The summed E-state index contributed by atoms with van der Waals surface area (Å²) in [4.78, 5) is 55.8. The molecule has 0 aliphatic carbocycles. The number of carbonyl (C=O) groups excluding carboxylic acids is 4. The first-order valence-electron chi connectivity index (χ1n) is 11.7. The van der Waals surface area contributed by atoms with Crippen molar-refractivity contribution in [3.63, 3.8) is 0 Å². The van der Waals surface area contributed by atoms with E-state index in [1.54, 1.807) is 18.3 Å². The Bertz CT molecular complexity index is 1240. The van der Waals surface area contributed by atoms with Gasteiger partial charge in [0.2, 0.25) is 11.8 Å². The number of imide groups is 2. The lowest BCUT2D eigenvalue weighted by Crippen LogP contribution is -2.54. The number of carbonyl (C=O) groups is 4. The number of nitrogens with one attached hydrogen (secondary N) is 1. The molecule has 3 aliphatic heterocycles. The van der Waals surface area contributed by atoms with Crippen molar-refractivity contribution in [2.24, 2.45) is 0 Å². The van der Waals surface area contributed by atoms with Gasteiger partial charge < -0.3 is 0 Å². The molecule has 5 rings (SSSR count). The number of benzene rings is 1. The fraction of sp³-hybridized carbons (Fsp3) is 0.400. The summed E-state index contributed by atoms with van der Waals surface area (Å²) in [5.74, 6) is 0.662. The molecule has 0 spiro atoms. The van der Waals surface area contributed by atoms with E-state index in [9.17, 15) is 19.2 Å². The Morgan fingerprint density at radius 1 is 1.03 bits per heavy atom. The molecule has 0 bridgehead atoms. The van der Waals surface area contributed by atoms with E-state index in [-0.39, 0.29) is 18.7 Å². The van der Waals surface area contributed by atoms with Crippen LogP contribution in [-0.4, -0.2) is 86.9 Å². The van der Waals surface area contributed by atoms with Gasteiger partial charge in [-0.1, -0.05) is 18.1 Å². The third kappa shape index (κ3) is 4.48. The first kappa shape index (κ1) is 23.0. The van der Waals surface area contributed by atoms with Crippen LogP contribution in [0.3, 0.4) is 0 Å². The monoisotopic (exact) mass is 474 g/mol. The molecular formula is C25H26N6O4. The zero-order chi connectivity index (χ0) is 24.5. The molecule has 3 aliphatic rings. The molecule has 35 heavy (non-hydrogen) atoms. The van der Waals surface area contributed by atoms with Gasteiger partial charge in [-0.2, -0.15) is 5.10 Å². The van der Waals surface area contributed by atoms with Gasteiger partial charge in [0.1, 0.15) is 6.04 Å². The highest BCUT2D eigenvalue weighted by atomic mass is 16.2. The predicted octanol–water partition coefficient (Wildman–Crippen LogP) is 0.0834. The fourth-order valence-corrected chi connectivity index (χ4v) is 4.93. The first-order valence-corrected chi connectivity index (χ1v) is 11.7. The van der Waals surface area contributed by atoms with E-state index in [1.807, 2.05) is 16.9 Å². The number of terminal acetylenes is 1. The highest BCUT2D eigenvalue weighted by Crippen LogP contribution is 2.30. The van der Waals surface area contributed by atoms with E-state index in [1.165, 1.54) is 0 Å². The van der Waals surface area contributed by atoms with E-state index >= 15 is 0 Å². The lowest BCUT2D eigenvalue weighted by atomic mass is 10.0. The number of aromatic nitrogens is 2. The number of piperazine rings is 1. The lowest BCUT2D eigenvalue weighted by Gasteiger charge is -2.35. The number of nitrogens with zero attached hydrogens (tertiary/aromatic N) is 5. The molecule has 1 atom stereocenters. The molecule has 2 saturated heterocycles. The van der Waals surface area contributed by atoms with Gasteiger partial charge in [0.15, 0.2) is 0 Å². The van der Waals surface area contributed by atoms with Gasteiger partial charge in [0, 0.05) is 51.9 Å². The Morgan fingerprint density at radius 3 is 2.51 bits per heavy atom. The topological polar surface area (TPSA) is 108 Å². The SMILES string of the molecule is C#Cc1cnn(CCN2CCN(Cc3cccc4c3C(=O)N(C3CCC(=O)NC3=O)C4=O)CC2)c1. The van der Waals surface area contributed by atoms with Gasteiger partial charge >= 0.3 is 0 Å². The molecule has 0 saturated carbocycles. The molecule has 0 radical (unpaired) electrons. The number of amides is 4. The molecule has 180 valence electrons. The number of fused-ring (bicyclic) bond motifs is 1. The molecule has 4 amide bonds. The van der Waals surface area contributed by atoms with Crippen LogP contribution in [0.25, 0.3) is 0 Å². The maximum atomic E-state index is 13.3. The van der Waals surface area contributed by atoms with Crippen LogP contribution in [0.5, 0.6) is 0 Å². The summed E-state index contributed by atoms with van der Waals surface area (Å²) < 4.78 is 1.85. The van der Waals surface area contributed by atoms with Crippen molar-refractivity contribution < 1.29 is 19.2 Å². The van der Waals surface area contributed by atoms with Gasteiger partial charge in [-0.3, -0.25) is 43.9 Å². The van der Waals surface area contributed by atoms with Crippen LogP contribution in [0.4, 0.5) is 0 Å². The molecule has 10 heteroatoms. The highest BCUT2D eigenvalue weighted by Gasteiger charge is 2.45. The molecule has 10 nitrogen and oxygen atoms in total. The summed E-state index contributed by atoms with van der Waals surface area (Å²) in [5, 5.41) is 6.50. The largest absolute Gasteiger partial charge is 0.299 e. The van der Waals surface area contributed by atoms with Crippen LogP contribution in [0, 0.1) is 12.3 Å². The summed E-state index contributed by atoms with van der Waals surface area (Å²) in [6.45, 7) is 5.61. The molecule has 1 N–H and O–H groups in total. The van der Waals surface area contributed by atoms with Gasteiger partial charge in [0.25, 0.3) is 11.8 Å². The maximum Gasteiger partial charge on any atom is 0.262 e. The Kier molecular flexibility index (Phi) is 6.19. The summed E-state index contributed by atoms with van der Waals surface area (Å²) in [6, 6.07) is 4.32. The maximum absolute atomic E-state index is 13.3. The van der Waals surface area contributed by atoms with Crippen molar-refractivity contribution in [3.05, 3.63) is 52.8 Å². The van der Waals surface area contributed by atoms with Crippen LogP contribution < -0.4 is 5.32 Å². The average Bonchev–Trinajstić information content (AvgIpc) is 3.42. The highest BCUT2D eigenvalue weighted by molar-refractivity contribution is 6.24. The second kappa shape index (κ2) is 9.44. The zero-order valence-electron chi connectivity index (χ0n) is 19.3. The quantitative estimate of drug-likeness (QED) is 0.467. The van der Waals surface area contributed by atoms with Crippen LogP contribution in [-0.2, 0) is 22.7 Å². The number of hydrogen-bond acceptors (Lipinski definition) is 7. The third-order valence-corrected chi connectivity index (χ3v) is 6.86. The fourth-order valence-electron chi connectivity index (χ4n) is 4.93. The number of piperidine rings is 1. The van der Waals surface area contributed by atoms with E-state index < -0.39 is 23.8 Å². The summed E-state index contributed by atoms with van der Waals surface area (Å²) in [6.07, 6.45) is 9.20. The standard InChI is InChI=1S/C25H26N6O4/c1-2-17-14-26-30(15-17)13-12-28-8-10-29(11-9-28)16-18-4-3-5-19-22(18)25(35)31(24(19)34)20-6-7-21(32)27-23(20)33/h1,3-5,14-15,20H,6-13,16H2,(H,27,32,33). The van der Waals surface area contributed by atoms with Crippen LogP contribution in [0.1, 0.15) is 44.7 Å². The van der Waals surface area contributed by atoms with E-state index in [4.69, 9.17) is 6.42 Å². The van der Waals surface area contributed by atoms with E-state index in [2.05, 4.69) is 26.1 Å². The molecule has 4 heterocycles. The third-order valence-electron chi connectivity index (χ3n) is 6.86. The molecule has 2 aromatic rings. The van der Waals surface area contributed by atoms with Gasteiger partial charge in [-0.15, -0.1) is 6.42 Å². The Balaban J connectivity index is 1.21. The van der Waals surface area contributed by atoms with Crippen LogP contribution in [0.2, 0.25) is 0 Å². The van der Waals surface area contributed by atoms with E-state index in [0.29, 0.717) is 17.7 Å². The molecule has 1 aromatic heterocycles. The van der Waals surface area contributed by atoms with Crippen LogP contribution in [0.15, 0.2) is 30.6 Å². The molecule has 2 fully saturated rings. The van der Waals surface area contributed by atoms with Gasteiger partial charge in [0.05, 0.1) is 29.4 Å². The summed E-state index contributed by atoms with van der Waals surface area (Å²) in [7, 11) is 0. The summed E-state index contributed by atoms with van der Waals surface area (Å²) in [5.41, 5.74) is 2.24. The Hall–Kier alpha value is -3.81. The van der Waals surface area contributed by atoms with E-state index in [0.717, 1.165) is 55.3 Å². The Morgan fingerprint density at radius 2 is 1.80 bits per heavy atom. The smallest absolute Gasteiger partial charge is 0.262 e. The van der Waals surface area contributed by atoms with Crippen molar-refractivity contribution in [3.8, 4) is 12.3 Å². The minimum Gasteiger partial charge on any atom is -0.299 e. The summed E-state index contributed by atoms with van der Waals surface area (Å²) >= 11 is 0. The second-order valence-corrected chi connectivity index (χ2v) is 9.04. The molecular weight excluding hydrogens is 448 g/mol. The zero-order valence-corrected chi connectivity index (χ0v) is 19.3. The van der Waals surface area contributed by atoms with Crippen molar-refractivity contribution in [1.82, 2.24) is 29.8 Å². The molecule has 1 unspecified atom stereocenters. The average molecular weight is 475 g/mol. The normalized spacial score (nSPS) is 21.2. The first-order chi connectivity index (χ1) is 16.9. The second-order valence-electron chi connectivity index (χ2n) is 9.04. The predicted molar refractivity (Wildman–Crippen MR) is 125 cm³/mol. The van der Waals surface area contributed by atoms with Crippen molar-refractivity contribution in [2.75, 3.05) is 32.7 Å². The van der Waals surface area contributed by atoms with Gasteiger partial charge in [-0.05, 0) is 18.1 Å². The minimum atomic E-state index is -0.956. The van der Waals surface area contributed by atoms with Crippen molar-refractivity contribution in [1.29, 1.82) is 0 Å². The van der Waals surface area contributed by atoms with Crippen molar-refractivity contribution >= 4 is 23.6 Å². The number of rotatable bonds is 6. The van der Waals surface area contributed by atoms with Crippen molar-refractivity contribution in [2.45, 2.75) is 32.0 Å². The van der Waals surface area contributed by atoms with Crippen LogP contribution >= 0.6 is 0 Å². The minimum absolute atomic E-state index is 0.104.